The highest BCUT2D eigenvalue weighted by atomic mass is 79.9. The van der Waals surface area contributed by atoms with Gasteiger partial charge < -0.3 is 10.6 Å². The standard InChI is InChI=1S/C19H23BrFN3O3/c1-11-7-18(2,3)10-19(8-11)16(26)24(17(27)23-19)9-15(25)22-14-5-4-12(21)6-13(14)20/h4-6,11H,7-10H2,1-3H3,(H,22,25)(H,23,27). The summed E-state index contributed by atoms with van der Waals surface area (Å²) in [6, 6.07) is 3.31. The molecule has 3 rings (SSSR count). The van der Waals surface area contributed by atoms with Crippen molar-refractivity contribution in [1.29, 1.82) is 0 Å². The minimum absolute atomic E-state index is 0.0716. The molecule has 1 aromatic rings. The Morgan fingerprint density at radius 2 is 2.07 bits per heavy atom. The molecule has 27 heavy (non-hydrogen) atoms. The summed E-state index contributed by atoms with van der Waals surface area (Å²) in [5, 5.41) is 5.44. The van der Waals surface area contributed by atoms with Gasteiger partial charge in [0.25, 0.3) is 5.91 Å². The van der Waals surface area contributed by atoms with Crippen molar-refractivity contribution in [1.82, 2.24) is 10.2 Å². The Labute approximate surface area is 166 Å². The zero-order chi connectivity index (χ0) is 20.0. The Morgan fingerprint density at radius 3 is 2.70 bits per heavy atom. The van der Waals surface area contributed by atoms with Crippen LogP contribution in [0.5, 0.6) is 0 Å². The van der Waals surface area contributed by atoms with Crippen LogP contribution in [0.15, 0.2) is 22.7 Å². The molecule has 1 aliphatic carbocycles. The second-order valence-electron chi connectivity index (χ2n) is 8.43. The maximum absolute atomic E-state index is 13.2. The molecule has 0 radical (unpaired) electrons. The number of anilines is 1. The molecular formula is C19H23BrFN3O3. The van der Waals surface area contributed by atoms with Crippen LogP contribution >= 0.6 is 15.9 Å². The van der Waals surface area contributed by atoms with E-state index in [1.54, 1.807) is 0 Å². The van der Waals surface area contributed by atoms with Gasteiger partial charge in [0.2, 0.25) is 5.91 Å². The fraction of sp³-hybridized carbons (Fsp3) is 0.526. The van der Waals surface area contributed by atoms with Gasteiger partial charge in [0.15, 0.2) is 0 Å². The number of carbonyl (C=O) groups excluding carboxylic acids is 3. The van der Waals surface area contributed by atoms with E-state index < -0.39 is 23.3 Å². The molecule has 2 fully saturated rings. The van der Waals surface area contributed by atoms with Crippen LogP contribution in [0.4, 0.5) is 14.9 Å². The maximum atomic E-state index is 13.2. The van der Waals surface area contributed by atoms with Crippen molar-refractivity contribution in [2.45, 2.75) is 45.6 Å². The van der Waals surface area contributed by atoms with E-state index in [2.05, 4.69) is 47.3 Å². The van der Waals surface area contributed by atoms with E-state index in [9.17, 15) is 18.8 Å². The van der Waals surface area contributed by atoms with Crippen LogP contribution in [0.2, 0.25) is 0 Å². The van der Waals surface area contributed by atoms with Crippen LogP contribution < -0.4 is 10.6 Å². The van der Waals surface area contributed by atoms with Crippen LogP contribution in [0.1, 0.15) is 40.0 Å². The van der Waals surface area contributed by atoms with E-state index in [4.69, 9.17) is 0 Å². The van der Waals surface area contributed by atoms with Crippen LogP contribution in [-0.2, 0) is 9.59 Å². The molecule has 0 aromatic heterocycles. The van der Waals surface area contributed by atoms with Crippen molar-refractivity contribution in [3.63, 3.8) is 0 Å². The van der Waals surface area contributed by atoms with Crippen molar-refractivity contribution >= 4 is 39.5 Å². The van der Waals surface area contributed by atoms with Crippen LogP contribution in [0, 0.1) is 17.2 Å². The molecule has 2 unspecified atom stereocenters. The van der Waals surface area contributed by atoms with Gasteiger partial charge in [0, 0.05) is 4.47 Å². The van der Waals surface area contributed by atoms with Crippen LogP contribution in [0.25, 0.3) is 0 Å². The third-order valence-corrected chi connectivity index (χ3v) is 5.79. The average Bonchev–Trinajstić information content (AvgIpc) is 2.72. The zero-order valence-electron chi connectivity index (χ0n) is 15.6. The SMILES string of the molecule is CC1CC(C)(C)CC2(C1)NC(=O)N(CC(=O)Nc1ccc(F)cc1Br)C2=O. The molecule has 6 nitrogen and oxygen atoms in total. The third kappa shape index (κ3) is 4.00. The van der Waals surface area contributed by atoms with Gasteiger partial charge in [-0.1, -0.05) is 20.8 Å². The number of hydrogen-bond acceptors (Lipinski definition) is 3. The smallest absolute Gasteiger partial charge is 0.323 e. The number of imide groups is 1. The first kappa shape index (κ1) is 19.8. The number of halogens is 2. The summed E-state index contributed by atoms with van der Waals surface area (Å²) in [5.41, 5.74) is -0.636. The average molecular weight is 440 g/mol. The van der Waals surface area contributed by atoms with E-state index >= 15 is 0 Å². The largest absolute Gasteiger partial charge is 0.325 e. The summed E-state index contributed by atoms with van der Waals surface area (Å²) in [4.78, 5) is 38.8. The van der Waals surface area contributed by atoms with Gasteiger partial charge in [-0.25, -0.2) is 9.18 Å². The van der Waals surface area contributed by atoms with E-state index in [0.717, 1.165) is 11.3 Å². The first-order valence-corrected chi connectivity index (χ1v) is 9.70. The summed E-state index contributed by atoms with van der Waals surface area (Å²) in [6.45, 7) is 5.87. The highest BCUT2D eigenvalue weighted by molar-refractivity contribution is 9.10. The lowest BCUT2D eigenvalue weighted by molar-refractivity contribution is -0.136. The number of hydrogen-bond donors (Lipinski definition) is 2. The molecule has 4 amide bonds. The maximum Gasteiger partial charge on any atom is 0.325 e. The Balaban J connectivity index is 1.73. The molecule has 146 valence electrons. The van der Waals surface area contributed by atoms with Gasteiger partial charge in [-0.2, -0.15) is 0 Å². The summed E-state index contributed by atoms with van der Waals surface area (Å²) in [7, 11) is 0. The number of amides is 4. The molecule has 1 saturated carbocycles. The molecule has 2 aliphatic rings. The lowest BCUT2D eigenvalue weighted by Crippen LogP contribution is -2.54. The zero-order valence-corrected chi connectivity index (χ0v) is 17.2. The molecule has 1 aliphatic heterocycles. The second-order valence-corrected chi connectivity index (χ2v) is 9.28. The van der Waals surface area contributed by atoms with Gasteiger partial charge in [0.05, 0.1) is 5.69 Å². The van der Waals surface area contributed by atoms with Crippen molar-refractivity contribution in [3.05, 3.63) is 28.5 Å². The van der Waals surface area contributed by atoms with Gasteiger partial charge in [-0.15, -0.1) is 0 Å². The van der Waals surface area contributed by atoms with E-state index in [-0.39, 0.29) is 17.9 Å². The monoisotopic (exact) mass is 439 g/mol. The molecule has 2 N–H and O–H groups in total. The number of nitrogens with zero attached hydrogens (tertiary/aromatic N) is 1. The van der Waals surface area contributed by atoms with E-state index in [1.807, 2.05) is 0 Å². The molecule has 1 spiro atoms. The van der Waals surface area contributed by atoms with E-state index in [0.29, 0.717) is 28.9 Å². The minimum Gasteiger partial charge on any atom is -0.323 e. The Hall–Kier alpha value is -1.96. The quantitative estimate of drug-likeness (QED) is 0.705. The van der Waals surface area contributed by atoms with Crippen LogP contribution in [-0.4, -0.2) is 34.8 Å². The molecule has 1 heterocycles. The van der Waals surface area contributed by atoms with Crippen molar-refractivity contribution < 1.29 is 18.8 Å². The van der Waals surface area contributed by atoms with E-state index in [1.165, 1.54) is 18.2 Å². The molecule has 0 bridgehead atoms. The normalized spacial score (nSPS) is 27.0. The molecule has 2 atom stereocenters. The topological polar surface area (TPSA) is 78.5 Å². The Morgan fingerprint density at radius 1 is 1.37 bits per heavy atom. The molecular weight excluding hydrogens is 417 g/mol. The van der Waals surface area contributed by atoms with Crippen molar-refractivity contribution in [2.75, 3.05) is 11.9 Å². The second kappa shape index (κ2) is 6.89. The lowest BCUT2D eigenvalue weighted by atomic mass is 9.64. The summed E-state index contributed by atoms with van der Waals surface area (Å²) in [6.07, 6.45) is 2.11. The first-order chi connectivity index (χ1) is 12.5. The predicted molar refractivity (Wildman–Crippen MR) is 103 cm³/mol. The fourth-order valence-electron chi connectivity index (χ4n) is 4.57. The molecule has 1 saturated heterocycles. The van der Waals surface area contributed by atoms with Gasteiger partial charge in [-0.05, 0) is 64.7 Å². The first-order valence-electron chi connectivity index (χ1n) is 8.90. The molecule has 8 heteroatoms. The summed E-state index contributed by atoms with van der Waals surface area (Å²) >= 11 is 3.17. The number of benzene rings is 1. The highest BCUT2D eigenvalue weighted by Crippen LogP contribution is 2.46. The fourth-order valence-corrected chi connectivity index (χ4v) is 5.02. The number of carbonyl (C=O) groups is 3. The van der Waals surface area contributed by atoms with Crippen molar-refractivity contribution in [2.24, 2.45) is 11.3 Å². The third-order valence-electron chi connectivity index (χ3n) is 5.13. The Kier molecular flexibility index (Phi) is 5.05. The number of nitrogens with one attached hydrogen (secondary N) is 2. The van der Waals surface area contributed by atoms with Gasteiger partial charge in [0.1, 0.15) is 17.9 Å². The Bertz CT molecular complexity index is 813. The van der Waals surface area contributed by atoms with Gasteiger partial charge in [-0.3, -0.25) is 14.5 Å². The lowest BCUT2D eigenvalue weighted by Gasteiger charge is -2.43. The highest BCUT2D eigenvalue weighted by Gasteiger charge is 2.56. The number of rotatable bonds is 3. The predicted octanol–water partition coefficient (Wildman–Crippen LogP) is 3.66. The minimum atomic E-state index is -0.936. The van der Waals surface area contributed by atoms with Crippen LogP contribution in [0.3, 0.4) is 0 Å². The van der Waals surface area contributed by atoms with Crippen molar-refractivity contribution in [3.8, 4) is 0 Å². The summed E-state index contributed by atoms with van der Waals surface area (Å²) < 4.78 is 13.5. The number of urea groups is 1. The summed E-state index contributed by atoms with van der Waals surface area (Å²) in [5.74, 6) is -1.02. The molecule has 1 aromatic carbocycles. The van der Waals surface area contributed by atoms with Gasteiger partial charge >= 0.3 is 6.03 Å².